The fourth-order valence-electron chi connectivity index (χ4n) is 4.61. The van der Waals surface area contributed by atoms with Gasteiger partial charge in [-0.2, -0.15) is 0 Å². The zero-order chi connectivity index (χ0) is 29.9. The molecule has 0 aromatic rings. The van der Waals surface area contributed by atoms with Crippen molar-refractivity contribution >= 4 is 7.82 Å². The maximum Gasteiger partial charge on any atom is 1.00 e. The van der Waals surface area contributed by atoms with Crippen LogP contribution in [-0.4, -0.2) is 153 Å². The molecule has 18 nitrogen and oxygen atoms in total. The van der Waals surface area contributed by atoms with Crippen molar-refractivity contribution in [1.29, 1.82) is 0 Å². The number of aliphatic hydroxyl groups is 8. The molecule has 0 bridgehead atoms. The largest absolute Gasteiger partial charge is 1.00 e. The van der Waals surface area contributed by atoms with Gasteiger partial charge in [0.1, 0.15) is 67.1 Å². The molecule has 21 heteroatoms. The van der Waals surface area contributed by atoms with Gasteiger partial charge in [-0.15, -0.1) is 0 Å². The Kier molecular flexibility index (Phi) is 18.0. The Morgan fingerprint density at radius 2 is 1.21 bits per heavy atom. The van der Waals surface area contributed by atoms with Crippen LogP contribution in [0.15, 0.2) is 0 Å². The molecule has 0 aromatic heterocycles. The molecule has 3 rings (SSSR count). The topological polar surface area (TPSA) is 290 Å². The molecule has 0 saturated carbocycles. The summed E-state index contributed by atoms with van der Waals surface area (Å²) in [5.41, 5.74) is 0. The molecule has 0 spiro atoms. The van der Waals surface area contributed by atoms with Gasteiger partial charge >= 0.3 is 59.1 Å². The first-order valence-electron chi connectivity index (χ1n) is 12.6. The van der Waals surface area contributed by atoms with E-state index in [4.69, 9.17) is 28.4 Å². The Hall–Kier alpha value is 1.55. The molecular weight excluding hydrogens is 617 g/mol. The van der Waals surface area contributed by atoms with Crippen molar-refractivity contribution in [2.24, 2.45) is 0 Å². The van der Waals surface area contributed by atoms with Gasteiger partial charge in [-0.1, -0.05) is 6.92 Å². The van der Waals surface area contributed by atoms with Gasteiger partial charge < -0.3 is 88.1 Å². The van der Waals surface area contributed by atoms with Crippen LogP contribution in [0.4, 0.5) is 0 Å². The molecule has 15 atom stereocenters. The van der Waals surface area contributed by atoms with E-state index in [9.17, 15) is 55.2 Å². The van der Waals surface area contributed by atoms with Crippen LogP contribution >= 0.6 is 7.82 Å². The molecule has 0 aliphatic carbocycles. The van der Waals surface area contributed by atoms with E-state index in [0.717, 1.165) is 0 Å². The van der Waals surface area contributed by atoms with E-state index in [2.05, 4.69) is 4.52 Å². The second-order valence-electron chi connectivity index (χ2n) is 9.69. The van der Waals surface area contributed by atoms with E-state index in [1.165, 1.54) is 6.92 Å². The second kappa shape index (κ2) is 18.2. The summed E-state index contributed by atoms with van der Waals surface area (Å²) in [6, 6.07) is 0. The summed E-state index contributed by atoms with van der Waals surface area (Å²) in [7, 11) is -5.77. The van der Waals surface area contributed by atoms with E-state index in [-0.39, 0.29) is 65.7 Å². The minimum Gasteiger partial charge on any atom is -0.790 e. The summed E-state index contributed by atoms with van der Waals surface area (Å²) in [6.07, 6.45) is -25.0. The van der Waals surface area contributed by atoms with Crippen LogP contribution in [0.2, 0.25) is 0 Å². The zero-order valence-corrected chi connectivity index (χ0v) is 28.5. The molecule has 42 heavy (non-hydrogen) atoms. The van der Waals surface area contributed by atoms with Crippen LogP contribution in [0.25, 0.3) is 0 Å². The number of rotatable bonds is 11. The van der Waals surface area contributed by atoms with E-state index < -0.39 is 113 Å². The molecule has 3 aliphatic heterocycles. The standard InChI is InChI=1S/C21H39O18P.2Na/c1-3-4-33-19-15(29)18(38-21-14(28)17(39-40(30,31)32)11(25)8(5-22)35-21)16(9(6-23)36-19)37-20-13(27)12(26)10(24)7(2)34-20;;/h7-29H,3-6H2,1-2H3,(H2,30,31,32);;/q;2*+1/p-2/t7-,8+,9+,10+,11-,12+,13-,14+,15+,16+,17-,18+,19+,20-,21-;;/m0../s1. The van der Waals surface area contributed by atoms with Crippen LogP contribution < -0.4 is 68.9 Å². The molecule has 236 valence electrons. The van der Waals surface area contributed by atoms with Gasteiger partial charge in [-0.05, 0) is 13.3 Å². The van der Waals surface area contributed by atoms with Crippen molar-refractivity contribution in [2.45, 2.75) is 112 Å². The van der Waals surface area contributed by atoms with Gasteiger partial charge in [0.05, 0.1) is 27.1 Å². The molecular formula is C21H37Na2O18P. The Labute approximate surface area is 285 Å². The van der Waals surface area contributed by atoms with Gasteiger partial charge in [-0.3, -0.25) is 0 Å². The van der Waals surface area contributed by atoms with Crippen molar-refractivity contribution < 1.29 is 147 Å². The molecule has 3 aliphatic rings. The van der Waals surface area contributed by atoms with Crippen molar-refractivity contribution in [3.05, 3.63) is 0 Å². The van der Waals surface area contributed by atoms with Crippen LogP contribution in [0.3, 0.4) is 0 Å². The summed E-state index contributed by atoms with van der Waals surface area (Å²) in [5, 5.41) is 82.2. The van der Waals surface area contributed by atoms with Gasteiger partial charge in [-0.25, -0.2) is 0 Å². The fraction of sp³-hybridized carbons (Fsp3) is 1.00. The maximum atomic E-state index is 11.2. The molecule has 3 fully saturated rings. The minimum absolute atomic E-state index is 0. The first kappa shape index (κ1) is 41.6. The van der Waals surface area contributed by atoms with Crippen LogP contribution in [-0.2, 0) is 37.5 Å². The van der Waals surface area contributed by atoms with E-state index in [1.54, 1.807) is 6.92 Å². The smallest absolute Gasteiger partial charge is 0.790 e. The van der Waals surface area contributed by atoms with Crippen molar-refractivity contribution in [2.75, 3.05) is 19.8 Å². The average molecular weight is 654 g/mol. The fourth-order valence-corrected chi connectivity index (χ4v) is 5.15. The summed E-state index contributed by atoms with van der Waals surface area (Å²) >= 11 is 0. The maximum absolute atomic E-state index is 11.2. The third-order valence-electron chi connectivity index (χ3n) is 6.74. The summed E-state index contributed by atoms with van der Waals surface area (Å²) in [6.45, 7) is 1.52. The number of aliphatic hydroxyl groups excluding tert-OH is 8. The monoisotopic (exact) mass is 654 g/mol. The van der Waals surface area contributed by atoms with E-state index >= 15 is 0 Å². The van der Waals surface area contributed by atoms with Crippen LogP contribution in [0.1, 0.15) is 20.3 Å². The summed E-state index contributed by atoms with van der Waals surface area (Å²) < 4.78 is 48.8. The van der Waals surface area contributed by atoms with Gasteiger partial charge in [0, 0.05) is 6.61 Å². The summed E-state index contributed by atoms with van der Waals surface area (Å²) in [4.78, 5) is 22.5. The molecule has 3 heterocycles. The van der Waals surface area contributed by atoms with E-state index in [0.29, 0.717) is 6.42 Å². The molecule has 8 N–H and O–H groups in total. The Balaban J connectivity index is 0.00000441. The summed E-state index contributed by atoms with van der Waals surface area (Å²) in [5.74, 6) is 0. The van der Waals surface area contributed by atoms with Crippen LogP contribution in [0, 0.1) is 0 Å². The van der Waals surface area contributed by atoms with Gasteiger partial charge in [0.25, 0.3) is 0 Å². The van der Waals surface area contributed by atoms with E-state index in [1.807, 2.05) is 0 Å². The van der Waals surface area contributed by atoms with Crippen LogP contribution in [0.5, 0.6) is 0 Å². The van der Waals surface area contributed by atoms with Crippen molar-refractivity contribution in [3.63, 3.8) is 0 Å². The molecule has 3 saturated heterocycles. The average Bonchev–Trinajstić information content (AvgIpc) is 2.90. The van der Waals surface area contributed by atoms with Crippen molar-refractivity contribution in [3.8, 4) is 0 Å². The SMILES string of the molecule is CCCO[C@@H]1O[C@H](CO)[C@@H](O[C@@H]2O[C@@H](C)[C@@H](O)[C@@H](O)[C@@H]2O)[C@H](O[C@@H]2O[C@H](CO)[C@H](O)[C@H](OP(=O)([O-])[O-])[C@H]2O)[C@H]1O.[Na+].[Na+]. The minimum atomic E-state index is -5.77. The number of hydrogen-bond acceptors (Lipinski definition) is 18. The normalized spacial score (nSPS) is 44.6. The quantitative estimate of drug-likeness (QED) is 0.0758. The third-order valence-corrected chi connectivity index (χ3v) is 7.25. The molecule has 0 radical (unpaired) electrons. The number of phosphoric ester groups is 1. The van der Waals surface area contributed by atoms with Gasteiger partial charge in [0.2, 0.25) is 0 Å². The van der Waals surface area contributed by atoms with Gasteiger partial charge in [0.15, 0.2) is 18.9 Å². The molecule has 0 aromatic carbocycles. The number of hydrogen-bond donors (Lipinski definition) is 8. The molecule has 0 unspecified atom stereocenters. The first-order valence-corrected chi connectivity index (χ1v) is 14.1. The zero-order valence-electron chi connectivity index (χ0n) is 23.6. The Morgan fingerprint density at radius 1 is 0.690 bits per heavy atom. The first-order chi connectivity index (χ1) is 18.7. The Bertz CT molecular complexity index is 843. The number of ether oxygens (including phenoxy) is 6. The van der Waals surface area contributed by atoms with Crippen molar-refractivity contribution in [1.82, 2.24) is 0 Å². The molecule has 0 amide bonds. The Morgan fingerprint density at radius 3 is 1.76 bits per heavy atom. The predicted molar refractivity (Wildman–Crippen MR) is 120 cm³/mol. The predicted octanol–water partition coefficient (Wildman–Crippen LogP) is -12.3. The third kappa shape index (κ3) is 10.0. The number of phosphoric acid groups is 1. The second-order valence-corrected chi connectivity index (χ2v) is 10.8.